The van der Waals surface area contributed by atoms with E-state index in [1.807, 2.05) is 61.5 Å². The van der Waals surface area contributed by atoms with Crippen molar-refractivity contribution in [1.82, 2.24) is 14.8 Å². The van der Waals surface area contributed by atoms with Gasteiger partial charge in [0.1, 0.15) is 11.5 Å². The van der Waals surface area contributed by atoms with E-state index < -0.39 is 5.91 Å². The van der Waals surface area contributed by atoms with Crippen LogP contribution in [0.25, 0.3) is 17.1 Å². The van der Waals surface area contributed by atoms with Crippen LogP contribution in [0.4, 0.5) is 5.69 Å². The van der Waals surface area contributed by atoms with Gasteiger partial charge in [-0.3, -0.25) is 4.79 Å². The summed E-state index contributed by atoms with van der Waals surface area (Å²) < 4.78 is 12.4. The average molecular weight is 449 g/mol. The second-order valence-electron chi connectivity index (χ2n) is 6.73. The van der Waals surface area contributed by atoms with Crippen molar-refractivity contribution in [3.63, 3.8) is 0 Å². The van der Waals surface area contributed by atoms with Gasteiger partial charge in [-0.25, -0.2) is 9.67 Å². The summed E-state index contributed by atoms with van der Waals surface area (Å²) >= 11 is 6.41. The fourth-order valence-corrected chi connectivity index (χ4v) is 3.37. The second-order valence-corrected chi connectivity index (χ2v) is 7.14. The topological polar surface area (TPSA) is 78.3 Å². The molecule has 1 aromatic heterocycles. The lowest BCUT2D eigenvalue weighted by Crippen LogP contribution is -2.15. The molecule has 0 spiro atoms. The standard InChI is InChI=1S/C24H21ClN4O3/c1-3-32-21-11-7-5-9-19(21)26-24(30)22-27-23(16-12-14-17(31-2)15-13-16)29(28-22)20-10-6-4-8-18(20)25/h4-15H,3H2,1-2H3,(H,26,30). The summed E-state index contributed by atoms with van der Waals surface area (Å²) in [6, 6.07) is 21.8. The average Bonchev–Trinajstić information content (AvgIpc) is 3.26. The number of nitrogens with one attached hydrogen (secondary N) is 1. The number of hydrogen-bond acceptors (Lipinski definition) is 5. The second kappa shape index (κ2) is 9.53. The molecule has 7 nitrogen and oxygen atoms in total. The lowest BCUT2D eigenvalue weighted by Gasteiger charge is -2.09. The fraction of sp³-hybridized carbons (Fsp3) is 0.125. The number of benzene rings is 3. The molecule has 0 aliphatic rings. The maximum Gasteiger partial charge on any atom is 0.295 e. The molecule has 1 amide bonds. The third-order valence-corrected chi connectivity index (χ3v) is 4.99. The summed E-state index contributed by atoms with van der Waals surface area (Å²) in [6.07, 6.45) is 0. The summed E-state index contributed by atoms with van der Waals surface area (Å²) in [7, 11) is 1.60. The lowest BCUT2D eigenvalue weighted by molar-refractivity contribution is 0.101. The molecule has 32 heavy (non-hydrogen) atoms. The molecule has 4 rings (SSSR count). The Balaban J connectivity index is 1.75. The maximum absolute atomic E-state index is 13.0. The number of aromatic nitrogens is 3. The summed E-state index contributed by atoms with van der Waals surface area (Å²) in [6.45, 7) is 2.36. The van der Waals surface area contributed by atoms with E-state index in [4.69, 9.17) is 21.1 Å². The molecular formula is C24H21ClN4O3. The van der Waals surface area contributed by atoms with Gasteiger partial charge in [0.25, 0.3) is 5.91 Å². The van der Waals surface area contributed by atoms with Crippen molar-refractivity contribution >= 4 is 23.2 Å². The van der Waals surface area contributed by atoms with Crippen LogP contribution < -0.4 is 14.8 Å². The number of methoxy groups -OCH3 is 1. The minimum Gasteiger partial charge on any atom is -0.497 e. The van der Waals surface area contributed by atoms with Gasteiger partial charge in [-0.1, -0.05) is 35.9 Å². The zero-order valence-corrected chi connectivity index (χ0v) is 18.3. The summed E-state index contributed by atoms with van der Waals surface area (Å²) in [5.74, 6) is 1.30. The molecular weight excluding hydrogens is 428 g/mol. The van der Waals surface area contributed by atoms with Gasteiger partial charge in [0.15, 0.2) is 5.82 Å². The molecule has 4 aromatic rings. The van der Waals surface area contributed by atoms with E-state index in [2.05, 4.69) is 15.4 Å². The monoisotopic (exact) mass is 448 g/mol. The largest absolute Gasteiger partial charge is 0.497 e. The highest BCUT2D eigenvalue weighted by Crippen LogP contribution is 2.28. The third kappa shape index (κ3) is 4.43. The Bertz CT molecular complexity index is 1240. The van der Waals surface area contributed by atoms with Crippen molar-refractivity contribution < 1.29 is 14.3 Å². The van der Waals surface area contributed by atoms with Gasteiger partial charge >= 0.3 is 0 Å². The SMILES string of the molecule is CCOc1ccccc1NC(=O)c1nc(-c2ccc(OC)cc2)n(-c2ccccc2Cl)n1. The van der Waals surface area contributed by atoms with Crippen molar-refractivity contribution in [3.05, 3.63) is 83.6 Å². The van der Waals surface area contributed by atoms with Gasteiger partial charge in [-0.15, -0.1) is 5.10 Å². The molecule has 0 bridgehead atoms. The normalized spacial score (nSPS) is 10.6. The predicted octanol–water partition coefficient (Wildman–Crippen LogP) is 5.25. The molecule has 0 fully saturated rings. The molecule has 1 heterocycles. The first kappa shape index (κ1) is 21.4. The van der Waals surface area contributed by atoms with Crippen molar-refractivity contribution in [3.8, 4) is 28.6 Å². The molecule has 0 aliphatic heterocycles. The molecule has 0 aliphatic carbocycles. The summed E-state index contributed by atoms with van der Waals surface area (Å²) in [5, 5.41) is 7.79. The number of ether oxygens (including phenoxy) is 2. The first-order valence-corrected chi connectivity index (χ1v) is 10.4. The van der Waals surface area contributed by atoms with Crippen LogP contribution in [0.1, 0.15) is 17.5 Å². The number of anilines is 1. The Kier molecular flexibility index (Phi) is 6.37. The molecule has 0 atom stereocenters. The van der Waals surface area contributed by atoms with Gasteiger partial charge in [-0.05, 0) is 55.5 Å². The number of amides is 1. The molecule has 0 saturated heterocycles. The lowest BCUT2D eigenvalue weighted by atomic mass is 10.2. The molecule has 162 valence electrons. The van der Waals surface area contributed by atoms with Crippen LogP contribution in [-0.2, 0) is 0 Å². The van der Waals surface area contributed by atoms with Crippen LogP contribution in [0.2, 0.25) is 5.02 Å². The molecule has 8 heteroatoms. The first-order valence-electron chi connectivity index (χ1n) is 10.00. The Morgan fingerprint density at radius 2 is 1.75 bits per heavy atom. The van der Waals surface area contributed by atoms with Crippen molar-refractivity contribution in [2.75, 3.05) is 19.0 Å². The van der Waals surface area contributed by atoms with Gasteiger partial charge in [0, 0.05) is 5.56 Å². The maximum atomic E-state index is 13.0. The predicted molar refractivity (Wildman–Crippen MR) is 124 cm³/mol. The van der Waals surface area contributed by atoms with Crippen molar-refractivity contribution in [2.24, 2.45) is 0 Å². The van der Waals surface area contributed by atoms with E-state index in [1.165, 1.54) is 0 Å². The van der Waals surface area contributed by atoms with Crippen LogP contribution in [0.5, 0.6) is 11.5 Å². The molecule has 3 aromatic carbocycles. The van der Waals surface area contributed by atoms with Crippen molar-refractivity contribution in [1.29, 1.82) is 0 Å². The van der Waals surface area contributed by atoms with Gasteiger partial charge in [-0.2, -0.15) is 0 Å². The van der Waals surface area contributed by atoms with Gasteiger partial charge < -0.3 is 14.8 Å². The minimum atomic E-state index is -0.460. The number of halogens is 1. The minimum absolute atomic E-state index is 0.00189. The zero-order valence-electron chi connectivity index (χ0n) is 17.6. The van der Waals surface area contributed by atoms with E-state index in [-0.39, 0.29) is 5.82 Å². The number of carbonyl (C=O) groups is 1. The quantitative estimate of drug-likeness (QED) is 0.418. The highest BCUT2D eigenvalue weighted by Gasteiger charge is 2.21. The highest BCUT2D eigenvalue weighted by molar-refractivity contribution is 6.32. The number of nitrogens with zero attached hydrogens (tertiary/aromatic N) is 3. The van der Waals surface area contributed by atoms with Crippen molar-refractivity contribution in [2.45, 2.75) is 6.92 Å². The number of hydrogen-bond donors (Lipinski definition) is 1. The molecule has 0 saturated carbocycles. The molecule has 0 unspecified atom stereocenters. The Morgan fingerprint density at radius 3 is 2.47 bits per heavy atom. The van der Waals surface area contributed by atoms with Crippen LogP contribution in [0, 0.1) is 0 Å². The molecule has 0 radical (unpaired) electrons. The van der Waals surface area contributed by atoms with Gasteiger partial charge in [0.05, 0.1) is 30.1 Å². The van der Waals surface area contributed by atoms with Gasteiger partial charge in [0.2, 0.25) is 5.82 Å². The smallest absolute Gasteiger partial charge is 0.295 e. The van der Waals surface area contributed by atoms with Crippen LogP contribution >= 0.6 is 11.6 Å². The zero-order chi connectivity index (χ0) is 22.5. The van der Waals surface area contributed by atoms with E-state index >= 15 is 0 Å². The first-order chi connectivity index (χ1) is 15.6. The van der Waals surface area contributed by atoms with E-state index in [0.29, 0.717) is 40.3 Å². The summed E-state index contributed by atoms with van der Waals surface area (Å²) in [5.41, 5.74) is 1.91. The van der Waals surface area contributed by atoms with Crippen LogP contribution in [0.3, 0.4) is 0 Å². The highest BCUT2D eigenvalue weighted by atomic mass is 35.5. The number of carbonyl (C=O) groups excluding carboxylic acids is 1. The van der Waals surface area contributed by atoms with E-state index in [1.54, 1.807) is 30.0 Å². The fourth-order valence-electron chi connectivity index (χ4n) is 3.16. The number of para-hydroxylation sites is 3. The molecule has 1 N–H and O–H groups in total. The van der Waals surface area contributed by atoms with Crippen LogP contribution in [0.15, 0.2) is 72.8 Å². The third-order valence-electron chi connectivity index (χ3n) is 4.67. The Hall–Kier alpha value is -3.84. The van der Waals surface area contributed by atoms with E-state index in [0.717, 1.165) is 5.56 Å². The Morgan fingerprint density at radius 1 is 1.03 bits per heavy atom. The Labute approximate surface area is 190 Å². The van der Waals surface area contributed by atoms with E-state index in [9.17, 15) is 4.79 Å². The summed E-state index contributed by atoms with van der Waals surface area (Å²) in [4.78, 5) is 17.6. The number of rotatable bonds is 7. The van der Waals surface area contributed by atoms with Crippen LogP contribution in [-0.4, -0.2) is 34.4 Å².